The summed E-state index contributed by atoms with van der Waals surface area (Å²) in [5.41, 5.74) is 7.50. The Balaban J connectivity index is 2.54. The maximum absolute atomic E-state index is 9.20. The van der Waals surface area contributed by atoms with Crippen LogP contribution in [-0.4, -0.2) is 12.1 Å². The quantitative estimate of drug-likeness (QED) is 0.891. The van der Waals surface area contributed by atoms with Gasteiger partial charge in [0.15, 0.2) is 0 Å². The van der Waals surface area contributed by atoms with E-state index in [1.807, 2.05) is 36.4 Å². The van der Waals surface area contributed by atoms with Crippen LogP contribution in [0.15, 0.2) is 36.4 Å². The molecule has 3 heteroatoms. The molecule has 0 aliphatic rings. The Morgan fingerprint density at radius 3 is 2.40 bits per heavy atom. The van der Waals surface area contributed by atoms with E-state index in [9.17, 15) is 5.26 Å². The summed E-state index contributed by atoms with van der Waals surface area (Å²) in [6, 6.07) is 14.0. The van der Waals surface area contributed by atoms with Crippen molar-refractivity contribution in [3.05, 3.63) is 42.0 Å². The Bertz CT molecular complexity index is 655. The summed E-state index contributed by atoms with van der Waals surface area (Å²) < 4.78 is 0. The van der Waals surface area contributed by atoms with E-state index in [2.05, 4.69) is 32.2 Å². The molecule has 3 N–H and O–H groups in total. The maximum atomic E-state index is 9.20. The van der Waals surface area contributed by atoms with Gasteiger partial charge in [-0.3, -0.25) is 0 Å². The zero-order chi connectivity index (χ0) is 14.8. The molecule has 1 atom stereocenters. The van der Waals surface area contributed by atoms with E-state index in [1.165, 1.54) is 0 Å². The van der Waals surface area contributed by atoms with Crippen LogP contribution in [0.5, 0.6) is 0 Å². The smallest absolute Gasteiger partial charge is 0.0998 e. The number of nitrogens with zero attached hydrogens (tertiary/aromatic N) is 1. The van der Waals surface area contributed by atoms with E-state index in [1.54, 1.807) is 0 Å². The lowest BCUT2D eigenvalue weighted by atomic mass is 9.87. The van der Waals surface area contributed by atoms with Crippen molar-refractivity contribution in [2.75, 3.05) is 11.9 Å². The predicted octanol–water partition coefficient (Wildman–Crippen LogP) is 3.50. The van der Waals surface area contributed by atoms with E-state index in [0.29, 0.717) is 18.0 Å². The second-order valence-electron chi connectivity index (χ2n) is 5.72. The van der Waals surface area contributed by atoms with Gasteiger partial charge in [0, 0.05) is 28.5 Å². The van der Waals surface area contributed by atoms with Crippen LogP contribution in [0.2, 0.25) is 0 Å². The lowest BCUT2D eigenvalue weighted by molar-refractivity contribution is 0.383. The fourth-order valence-electron chi connectivity index (χ4n) is 2.24. The molecule has 0 fully saturated rings. The van der Waals surface area contributed by atoms with Gasteiger partial charge in [-0.05, 0) is 25.0 Å². The van der Waals surface area contributed by atoms with Crippen LogP contribution in [0.1, 0.15) is 26.3 Å². The summed E-state index contributed by atoms with van der Waals surface area (Å²) in [5.74, 6) is 0.405. The summed E-state index contributed by atoms with van der Waals surface area (Å²) in [7, 11) is 0. The summed E-state index contributed by atoms with van der Waals surface area (Å²) in [5, 5.41) is 14.8. The molecule has 0 aromatic heterocycles. The minimum Gasteiger partial charge on any atom is -0.378 e. The van der Waals surface area contributed by atoms with Crippen LogP contribution in [0.25, 0.3) is 10.8 Å². The van der Waals surface area contributed by atoms with Gasteiger partial charge in [0.2, 0.25) is 0 Å². The van der Waals surface area contributed by atoms with Crippen LogP contribution in [0.3, 0.4) is 0 Å². The third-order valence-corrected chi connectivity index (χ3v) is 4.16. The molecule has 20 heavy (non-hydrogen) atoms. The second kappa shape index (κ2) is 5.52. The first kappa shape index (κ1) is 14.4. The average molecular weight is 267 g/mol. The van der Waals surface area contributed by atoms with Crippen LogP contribution in [-0.2, 0) is 0 Å². The van der Waals surface area contributed by atoms with Crippen LogP contribution >= 0.6 is 0 Å². The van der Waals surface area contributed by atoms with Crippen molar-refractivity contribution >= 4 is 16.5 Å². The van der Waals surface area contributed by atoms with E-state index < -0.39 is 0 Å². The average Bonchev–Trinajstić information content (AvgIpc) is 2.47. The van der Waals surface area contributed by atoms with Gasteiger partial charge in [0.25, 0.3) is 0 Å². The minimum atomic E-state index is -0.170. The Morgan fingerprint density at radius 1 is 1.20 bits per heavy atom. The van der Waals surface area contributed by atoms with E-state index in [4.69, 9.17) is 5.73 Å². The first-order valence-electron chi connectivity index (χ1n) is 6.92. The first-order valence-corrected chi connectivity index (χ1v) is 6.92. The molecule has 0 amide bonds. The molecule has 0 aliphatic carbocycles. The molecular weight excluding hydrogens is 246 g/mol. The molecule has 2 aromatic carbocycles. The van der Waals surface area contributed by atoms with Crippen molar-refractivity contribution in [1.29, 1.82) is 5.26 Å². The molecule has 0 saturated carbocycles. The van der Waals surface area contributed by atoms with Crippen molar-refractivity contribution in [3.63, 3.8) is 0 Å². The summed E-state index contributed by atoms with van der Waals surface area (Å²) >= 11 is 0. The van der Waals surface area contributed by atoms with Crippen LogP contribution in [0, 0.1) is 17.2 Å². The lowest BCUT2D eigenvalue weighted by Crippen LogP contribution is -2.47. The highest BCUT2D eigenvalue weighted by Gasteiger charge is 2.26. The van der Waals surface area contributed by atoms with E-state index in [-0.39, 0.29) is 5.54 Å². The van der Waals surface area contributed by atoms with Gasteiger partial charge < -0.3 is 11.1 Å². The molecule has 0 spiro atoms. The van der Waals surface area contributed by atoms with Gasteiger partial charge in [0.1, 0.15) is 0 Å². The molecule has 2 rings (SSSR count). The highest BCUT2D eigenvalue weighted by atomic mass is 15.0. The largest absolute Gasteiger partial charge is 0.378 e. The number of hydrogen-bond acceptors (Lipinski definition) is 3. The molecule has 0 bridgehead atoms. The van der Waals surface area contributed by atoms with Crippen molar-refractivity contribution in [1.82, 2.24) is 0 Å². The number of nitrogens with two attached hydrogens (primary N) is 1. The molecule has 1 unspecified atom stereocenters. The number of fused-ring (bicyclic) bond motifs is 1. The fourth-order valence-corrected chi connectivity index (χ4v) is 2.24. The summed E-state index contributed by atoms with van der Waals surface area (Å²) in [4.78, 5) is 0. The van der Waals surface area contributed by atoms with E-state index >= 15 is 0 Å². The monoisotopic (exact) mass is 267 g/mol. The Hall–Kier alpha value is -2.05. The topological polar surface area (TPSA) is 61.8 Å². The maximum Gasteiger partial charge on any atom is 0.0998 e. The summed E-state index contributed by atoms with van der Waals surface area (Å²) in [6.45, 7) is 7.00. The van der Waals surface area contributed by atoms with Crippen molar-refractivity contribution in [2.45, 2.75) is 26.3 Å². The van der Waals surface area contributed by atoms with Crippen LogP contribution in [0.4, 0.5) is 5.69 Å². The fraction of sp³-hybridized carbons (Fsp3) is 0.353. The lowest BCUT2D eigenvalue weighted by Gasteiger charge is -2.35. The minimum absolute atomic E-state index is 0.170. The van der Waals surface area contributed by atoms with Gasteiger partial charge in [-0.1, -0.05) is 38.1 Å². The van der Waals surface area contributed by atoms with Crippen LogP contribution < -0.4 is 11.1 Å². The second-order valence-corrected chi connectivity index (χ2v) is 5.72. The molecule has 0 radical (unpaired) electrons. The number of nitrogens with one attached hydrogen (secondary N) is 1. The SMILES string of the molecule is CC(C)C(C)(CN)Nc1ccc(C#N)c2ccccc12. The third-order valence-electron chi connectivity index (χ3n) is 4.16. The van der Waals surface area contributed by atoms with Gasteiger partial charge in [-0.2, -0.15) is 5.26 Å². The van der Waals surface area contributed by atoms with Gasteiger partial charge in [0.05, 0.1) is 11.6 Å². The van der Waals surface area contributed by atoms with Crippen molar-refractivity contribution < 1.29 is 0 Å². The third kappa shape index (κ3) is 2.48. The number of hydrogen-bond donors (Lipinski definition) is 2. The molecule has 104 valence electrons. The summed E-state index contributed by atoms with van der Waals surface area (Å²) in [6.07, 6.45) is 0. The van der Waals surface area contributed by atoms with Gasteiger partial charge in [-0.25, -0.2) is 0 Å². The zero-order valence-electron chi connectivity index (χ0n) is 12.3. The Morgan fingerprint density at radius 2 is 1.85 bits per heavy atom. The molecule has 3 nitrogen and oxygen atoms in total. The molecule has 2 aromatic rings. The van der Waals surface area contributed by atoms with E-state index in [0.717, 1.165) is 16.5 Å². The number of benzene rings is 2. The van der Waals surface area contributed by atoms with Crippen molar-refractivity contribution in [3.8, 4) is 6.07 Å². The Labute approximate surface area is 120 Å². The molecular formula is C17H21N3. The Kier molecular flexibility index (Phi) is 3.96. The molecule has 0 heterocycles. The number of rotatable bonds is 4. The standard InChI is InChI=1S/C17H21N3/c1-12(2)17(3,11-19)20-16-9-8-13(10-18)14-6-4-5-7-15(14)16/h4-9,12,20H,11,19H2,1-3H3. The molecule has 0 saturated heterocycles. The van der Waals surface area contributed by atoms with Crippen molar-refractivity contribution in [2.24, 2.45) is 11.7 Å². The zero-order valence-corrected chi connectivity index (χ0v) is 12.3. The highest BCUT2D eigenvalue weighted by Crippen LogP contribution is 2.30. The first-order chi connectivity index (χ1) is 9.51. The van der Waals surface area contributed by atoms with Gasteiger partial charge in [-0.15, -0.1) is 0 Å². The predicted molar refractivity (Wildman–Crippen MR) is 84.6 cm³/mol. The number of anilines is 1. The highest BCUT2D eigenvalue weighted by molar-refractivity contribution is 5.97. The molecule has 0 aliphatic heterocycles. The normalized spacial score (nSPS) is 14.0. The number of nitriles is 1. The van der Waals surface area contributed by atoms with Gasteiger partial charge >= 0.3 is 0 Å².